The predicted molar refractivity (Wildman–Crippen MR) is 124 cm³/mol. The summed E-state index contributed by atoms with van der Waals surface area (Å²) in [4.78, 5) is 21.1. The summed E-state index contributed by atoms with van der Waals surface area (Å²) in [6.07, 6.45) is 4.70. The third-order valence-corrected chi connectivity index (χ3v) is 8.22. The second-order valence-corrected chi connectivity index (χ2v) is 9.80. The molecular formula is C26H28N2O2S. The molecule has 3 aromatic rings. The molecular weight excluding hydrogens is 404 g/mol. The minimum absolute atomic E-state index is 0.0712. The Morgan fingerprint density at radius 3 is 2.48 bits per heavy atom. The fourth-order valence-corrected chi connectivity index (χ4v) is 6.48. The van der Waals surface area contributed by atoms with Crippen LogP contribution >= 0.6 is 11.3 Å². The van der Waals surface area contributed by atoms with E-state index in [0.29, 0.717) is 13.0 Å². The molecule has 0 unspecified atom stereocenters. The number of aryl methyl sites for hydroxylation is 1. The number of hydrogen-bond donors (Lipinski definition) is 1. The monoisotopic (exact) mass is 432 g/mol. The van der Waals surface area contributed by atoms with E-state index in [0.717, 1.165) is 52.4 Å². The number of piperidine rings is 1. The third kappa shape index (κ3) is 3.60. The molecule has 1 aromatic heterocycles. The molecule has 5 rings (SSSR count). The van der Waals surface area contributed by atoms with Crippen molar-refractivity contribution >= 4 is 17.2 Å². The molecule has 1 saturated carbocycles. The Hall–Kier alpha value is -2.50. The van der Waals surface area contributed by atoms with Crippen molar-refractivity contribution < 1.29 is 9.90 Å². The highest BCUT2D eigenvalue weighted by Gasteiger charge is 2.50. The summed E-state index contributed by atoms with van der Waals surface area (Å²) >= 11 is 1.49. The summed E-state index contributed by atoms with van der Waals surface area (Å²) < 4.78 is 0. The Bertz CT molecular complexity index is 1070. The van der Waals surface area contributed by atoms with Gasteiger partial charge in [-0.25, -0.2) is 4.98 Å². The van der Waals surface area contributed by atoms with Gasteiger partial charge in [-0.05, 0) is 31.7 Å². The number of carbonyl (C=O) groups excluding carboxylic acids is 1. The number of fused-ring (bicyclic) bond motifs is 1. The fraction of sp³-hybridized carbons (Fsp3) is 0.385. The lowest BCUT2D eigenvalue weighted by Gasteiger charge is -2.52. The molecule has 1 saturated heterocycles. The molecule has 2 heterocycles. The number of benzene rings is 2. The SMILES string of the molecule is Cc1nc(-c2ccccc2)sc1C(=O)N1CC[C@](O)(c2ccccc2)[C@H]2CCCC[C@H]21. The van der Waals surface area contributed by atoms with Crippen LogP contribution in [-0.2, 0) is 5.60 Å². The Kier molecular flexibility index (Phi) is 5.40. The zero-order chi connectivity index (χ0) is 21.4. The summed E-state index contributed by atoms with van der Waals surface area (Å²) in [6, 6.07) is 20.1. The lowest BCUT2D eigenvalue weighted by atomic mass is 9.66. The number of hydrogen-bond acceptors (Lipinski definition) is 4. The molecule has 1 N–H and O–H groups in total. The molecule has 2 aliphatic rings. The van der Waals surface area contributed by atoms with Crippen molar-refractivity contribution in [1.29, 1.82) is 0 Å². The number of nitrogens with zero attached hydrogens (tertiary/aromatic N) is 2. The van der Waals surface area contributed by atoms with Gasteiger partial charge in [0.2, 0.25) is 0 Å². The summed E-state index contributed by atoms with van der Waals surface area (Å²) in [7, 11) is 0. The van der Waals surface area contributed by atoms with Gasteiger partial charge in [0.05, 0.1) is 11.3 Å². The number of thiazole rings is 1. The Morgan fingerprint density at radius 2 is 1.74 bits per heavy atom. The molecule has 31 heavy (non-hydrogen) atoms. The third-order valence-electron chi connectivity index (χ3n) is 7.02. The normalized spacial score (nSPS) is 25.8. The van der Waals surface area contributed by atoms with Crippen LogP contribution < -0.4 is 0 Å². The number of carbonyl (C=O) groups is 1. The molecule has 2 fully saturated rings. The van der Waals surface area contributed by atoms with E-state index in [1.807, 2.05) is 72.5 Å². The minimum atomic E-state index is -0.860. The first-order valence-corrected chi connectivity index (χ1v) is 12.0. The van der Waals surface area contributed by atoms with Crippen molar-refractivity contribution in [3.05, 3.63) is 76.8 Å². The van der Waals surface area contributed by atoms with Gasteiger partial charge in [0.1, 0.15) is 9.88 Å². The second-order valence-electron chi connectivity index (χ2n) is 8.80. The highest BCUT2D eigenvalue weighted by Crippen LogP contribution is 2.47. The Labute approximate surface area is 187 Å². The van der Waals surface area contributed by atoms with E-state index in [4.69, 9.17) is 4.98 Å². The Morgan fingerprint density at radius 1 is 1.06 bits per heavy atom. The summed E-state index contributed by atoms with van der Waals surface area (Å²) in [5, 5.41) is 12.7. The molecule has 0 bridgehead atoms. The number of likely N-dealkylation sites (tertiary alicyclic amines) is 1. The molecule has 0 spiro atoms. The van der Waals surface area contributed by atoms with E-state index in [1.54, 1.807) is 0 Å². The van der Waals surface area contributed by atoms with E-state index in [-0.39, 0.29) is 17.9 Å². The van der Waals surface area contributed by atoms with E-state index in [2.05, 4.69) is 0 Å². The van der Waals surface area contributed by atoms with Crippen molar-refractivity contribution in [2.24, 2.45) is 5.92 Å². The van der Waals surface area contributed by atoms with Crippen molar-refractivity contribution in [2.45, 2.75) is 50.7 Å². The van der Waals surface area contributed by atoms with E-state index < -0.39 is 5.60 Å². The summed E-state index contributed by atoms with van der Waals surface area (Å²) in [5.74, 6) is 0.146. The van der Waals surface area contributed by atoms with Gasteiger partial charge in [-0.3, -0.25) is 4.79 Å². The summed E-state index contributed by atoms with van der Waals surface area (Å²) in [6.45, 7) is 2.50. The zero-order valence-electron chi connectivity index (χ0n) is 17.8. The van der Waals surface area contributed by atoms with Crippen LogP contribution in [0.2, 0.25) is 0 Å². The van der Waals surface area contributed by atoms with E-state index >= 15 is 0 Å². The van der Waals surface area contributed by atoms with Gasteiger partial charge in [0, 0.05) is 24.1 Å². The van der Waals surface area contributed by atoms with Crippen LogP contribution in [0.3, 0.4) is 0 Å². The van der Waals surface area contributed by atoms with Crippen molar-refractivity contribution in [1.82, 2.24) is 9.88 Å². The highest BCUT2D eigenvalue weighted by molar-refractivity contribution is 7.17. The first kappa shape index (κ1) is 20.4. The standard InChI is InChI=1S/C26H28N2O2S/c1-18-23(31-24(27-18)19-10-4-2-5-11-19)25(29)28-17-16-26(30,20-12-6-3-7-13-20)21-14-8-9-15-22(21)28/h2-7,10-13,21-22,30H,8-9,14-17H2,1H3/t21-,22+,26-/m0/s1. The topological polar surface area (TPSA) is 53.4 Å². The quantitative estimate of drug-likeness (QED) is 0.602. The maximum atomic E-state index is 13.7. The highest BCUT2D eigenvalue weighted by atomic mass is 32.1. The van der Waals surface area contributed by atoms with Gasteiger partial charge >= 0.3 is 0 Å². The zero-order valence-corrected chi connectivity index (χ0v) is 18.6. The minimum Gasteiger partial charge on any atom is -0.385 e. The van der Waals surface area contributed by atoms with Gasteiger partial charge in [-0.15, -0.1) is 11.3 Å². The van der Waals surface area contributed by atoms with Gasteiger partial charge in [-0.2, -0.15) is 0 Å². The van der Waals surface area contributed by atoms with Gasteiger partial charge in [-0.1, -0.05) is 73.5 Å². The average molecular weight is 433 g/mol. The van der Waals surface area contributed by atoms with Gasteiger partial charge in [0.25, 0.3) is 5.91 Å². The number of aromatic nitrogens is 1. The Balaban J connectivity index is 1.45. The lowest BCUT2D eigenvalue weighted by molar-refractivity contribution is -0.110. The van der Waals surface area contributed by atoms with Crippen molar-refractivity contribution in [3.8, 4) is 10.6 Å². The largest absolute Gasteiger partial charge is 0.385 e. The van der Waals surface area contributed by atoms with E-state index in [9.17, 15) is 9.90 Å². The molecule has 160 valence electrons. The second kappa shape index (κ2) is 8.21. The number of rotatable bonds is 3. The maximum absolute atomic E-state index is 13.7. The number of aliphatic hydroxyl groups is 1. The molecule has 2 aromatic carbocycles. The molecule has 1 amide bonds. The van der Waals surface area contributed by atoms with Crippen LogP contribution in [0.1, 0.15) is 53.0 Å². The van der Waals surface area contributed by atoms with Gasteiger partial charge < -0.3 is 10.0 Å². The van der Waals surface area contributed by atoms with Crippen LogP contribution in [0.5, 0.6) is 0 Å². The van der Waals surface area contributed by atoms with E-state index in [1.165, 1.54) is 11.3 Å². The van der Waals surface area contributed by atoms with Crippen molar-refractivity contribution in [3.63, 3.8) is 0 Å². The molecule has 1 aliphatic heterocycles. The lowest BCUT2D eigenvalue weighted by Crippen LogP contribution is -2.58. The molecule has 4 nitrogen and oxygen atoms in total. The first-order valence-electron chi connectivity index (χ1n) is 11.2. The maximum Gasteiger partial charge on any atom is 0.266 e. The van der Waals surface area contributed by atoms with Crippen LogP contribution in [0.15, 0.2) is 60.7 Å². The molecule has 3 atom stereocenters. The average Bonchev–Trinajstić information content (AvgIpc) is 3.22. The van der Waals surface area contributed by atoms with Crippen LogP contribution in [0, 0.1) is 12.8 Å². The van der Waals surface area contributed by atoms with Gasteiger partial charge in [0.15, 0.2) is 0 Å². The predicted octanol–water partition coefficient (Wildman–Crippen LogP) is 5.41. The van der Waals surface area contributed by atoms with Crippen molar-refractivity contribution in [2.75, 3.05) is 6.54 Å². The molecule has 1 aliphatic carbocycles. The number of amides is 1. The van der Waals surface area contributed by atoms with Crippen LogP contribution in [0.4, 0.5) is 0 Å². The summed E-state index contributed by atoms with van der Waals surface area (Å²) in [5.41, 5.74) is 1.97. The fourth-order valence-electron chi connectivity index (χ4n) is 5.45. The molecule has 0 radical (unpaired) electrons. The first-order chi connectivity index (χ1) is 15.1. The molecule has 5 heteroatoms. The van der Waals surface area contributed by atoms with Crippen LogP contribution in [0.25, 0.3) is 10.6 Å². The smallest absolute Gasteiger partial charge is 0.266 e. The van der Waals surface area contributed by atoms with Crippen LogP contribution in [-0.4, -0.2) is 33.5 Å².